The van der Waals surface area contributed by atoms with Crippen molar-refractivity contribution in [1.82, 2.24) is 5.32 Å². The third-order valence-corrected chi connectivity index (χ3v) is 3.81. The van der Waals surface area contributed by atoms with Crippen LogP contribution in [0.15, 0.2) is 24.3 Å². The summed E-state index contributed by atoms with van der Waals surface area (Å²) < 4.78 is 10.9. The summed E-state index contributed by atoms with van der Waals surface area (Å²) in [5, 5.41) is 13.3. The van der Waals surface area contributed by atoms with Gasteiger partial charge in [0, 0.05) is 19.2 Å². The molecule has 0 aromatic heterocycles. The van der Waals surface area contributed by atoms with Crippen LogP contribution < -0.4 is 10.1 Å². The van der Waals surface area contributed by atoms with Gasteiger partial charge in [-0.05, 0) is 38.3 Å². The summed E-state index contributed by atoms with van der Waals surface area (Å²) in [4.78, 5) is 0. The highest BCUT2D eigenvalue weighted by atomic mass is 16.5. The minimum Gasteiger partial charge on any atom is -0.491 e. The van der Waals surface area contributed by atoms with E-state index in [9.17, 15) is 5.11 Å². The van der Waals surface area contributed by atoms with Gasteiger partial charge in [0.15, 0.2) is 0 Å². The number of hydrogen-bond acceptors (Lipinski definition) is 4. The zero-order chi connectivity index (χ0) is 14.4. The van der Waals surface area contributed by atoms with Crippen molar-refractivity contribution in [2.45, 2.75) is 32.4 Å². The summed E-state index contributed by atoms with van der Waals surface area (Å²) in [6.07, 6.45) is 0.602. The van der Waals surface area contributed by atoms with Crippen LogP contribution in [0.3, 0.4) is 0 Å². The van der Waals surface area contributed by atoms with Gasteiger partial charge in [-0.3, -0.25) is 0 Å². The second-order valence-electron chi connectivity index (χ2n) is 5.60. The normalized spacial score (nSPS) is 21.6. The molecule has 0 saturated carbocycles. The maximum Gasteiger partial charge on any atom is 0.119 e. The first-order chi connectivity index (χ1) is 9.65. The third-order valence-electron chi connectivity index (χ3n) is 3.81. The highest BCUT2D eigenvalue weighted by Gasteiger charge is 2.22. The summed E-state index contributed by atoms with van der Waals surface area (Å²) in [5.74, 6) is 1.35. The smallest absolute Gasteiger partial charge is 0.119 e. The molecule has 1 aromatic rings. The molecule has 4 nitrogen and oxygen atoms in total. The Bertz CT molecular complexity index is 387. The fourth-order valence-corrected chi connectivity index (χ4v) is 2.32. The molecule has 3 unspecified atom stereocenters. The van der Waals surface area contributed by atoms with Crippen LogP contribution in [0.4, 0.5) is 0 Å². The van der Waals surface area contributed by atoms with Gasteiger partial charge in [0.2, 0.25) is 0 Å². The second-order valence-corrected chi connectivity index (χ2v) is 5.60. The Hall–Kier alpha value is -1.10. The van der Waals surface area contributed by atoms with Gasteiger partial charge in [-0.15, -0.1) is 0 Å². The molecule has 1 heterocycles. The van der Waals surface area contributed by atoms with Gasteiger partial charge < -0.3 is 19.9 Å². The van der Waals surface area contributed by atoms with Crippen molar-refractivity contribution in [2.75, 3.05) is 26.4 Å². The molecule has 112 valence electrons. The monoisotopic (exact) mass is 279 g/mol. The summed E-state index contributed by atoms with van der Waals surface area (Å²) >= 11 is 0. The van der Waals surface area contributed by atoms with Crippen LogP contribution in [-0.4, -0.2) is 43.6 Å². The topological polar surface area (TPSA) is 50.7 Å². The minimum atomic E-state index is -0.499. The van der Waals surface area contributed by atoms with Gasteiger partial charge in [-0.2, -0.15) is 0 Å². The van der Waals surface area contributed by atoms with E-state index in [0.29, 0.717) is 25.1 Å². The summed E-state index contributed by atoms with van der Waals surface area (Å²) in [6, 6.07) is 8.22. The summed E-state index contributed by atoms with van der Waals surface area (Å²) in [7, 11) is 0. The van der Waals surface area contributed by atoms with Crippen molar-refractivity contribution < 1.29 is 14.6 Å². The van der Waals surface area contributed by atoms with Crippen LogP contribution >= 0.6 is 0 Å². The second kappa shape index (κ2) is 7.62. The lowest BCUT2D eigenvalue weighted by Gasteiger charge is -2.21. The van der Waals surface area contributed by atoms with E-state index in [-0.39, 0.29) is 0 Å². The predicted molar refractivity (Wildman–Crippen MR) is 79.1 cm³/mol. The molecule has 3 atom stereocenters. The number of aliphatic hydroxyl groups excluding tert-OH is 1. The lowest BCUT2D eigenvalue weighted by atomic mass is 10.0. The standard InChI is InChI=1S/C16H25NO3/c1-12-3-5-16(6-4-12)20-11-15(18)9-17-13(2)14-7-8-19-10-14/h3-6,13-15,17-18H,7-11H2,1-2H3. The molecule has 0 amide bonds. The fourth-order valence-electron chi connectivity index (χ4n) is 2.32. The number of aryl methyl sites for hydroxylation is 1. The van der Waals surface area contributed by atoms with E-state index >= 15 is 0 Å². The van der Waals surface area contributed by atoms with Gasteiger partial charge in [0.1, 0.15) is 18.5 Å². The fraction of sp³-hybridized carbons (Fsp3) is 0.625. The van der Waals surface area contributed by atoms with Gasteiger partial charge in [0.25, 0.3) is 0 Å². The van der Waals surface area contributed by atoms with Gasteiger partial charge in [-0.25, -0.2) is 0 Å². The maximum atomic E-state index is 9.94. The zero-order valence-corrected chi connectivity index (χ0v) is 12.3. The number of nitrogens with one attached hydrogen (secondary N) is 1. The highest BCUT2D eigenvalue weighted by Crippen LogP contribution is 2.16. The van der Waals surface area contributed by atoms with Crippen LogP contribution in [-0.2, 0) is 4.74 Å². The van der Waals surface area contributed by atoms with E-state index in [1.807, 2.05) is 31.2 Å². The van der Waals surface area contributed by atoms with Gasteiger partial charge in [0.05, 0.1) is 6.61 Å². The molecule has 0 bridgehead atoms. The van der Waals surface area contributed by atoms with Crippen LogP contribution in [0.5, 0.6) is 5.75 Å². The number of benzene rings is 1. The molecule has 1 aliphatic heterocycles. The van der Waals surface area contributed by atoms with E-state index in [1.165, 1.54) is 5.56 Å². The van der Waals surface area contributed by atoms with E-state index in [2.05, 4.69) is 12.2 Å². The number of rotatable bonds is 7. The molecule has 0 aliphatic carbocycles. The largest absolute Gasteiger partial charge is 0.491 e. The number of hydrogen-bond donors (Lipinski definition) is 2. The molecule has 1 aromatic carbocycles. The van der Waals surface area contributed by atoms with Crippen LogP contribution in [0.2, 0.25) is 0 Å². The Morgan fingerprint density at radius 1 is 1.40 bits per heavy atom. The Labute approximate surface area is 121 Å². The van der Waals surface area contributed by atoms with Crippen molar-refractivity contribution in [3.63, 3.8) is 0 Å². The molecular formula is C16H25NO3. The molecule has 0 spiro atoms. The first-order valence-corrected chi connectivity index (χ1v) is 7.34. The van der Waals surface area contributed by atoms with E-state index < -0.39 is 6.10 Å². The van der Waals surface area contributed by atoms with E-state index in [1.54, 1.807) is 0 Å². The van der Waals surface area contributed by atoms with Crippen LogP contribution in [0, 0.1) is 12.8 Å². The van der Waals surface area contributed by atoms with Crippen LogP contribution in [0.25, 0.3) is 0 Å². The average Bonchev–Trinajstić information content (AvgIpc) is 2.98. The highest BCUT2D eigenvalue weighted by molar-refractivity contribution is 5.26. The molecule has 2 rings (SSSR count). The lowest BCUT2D eigenvalue weighted by Crippen LogP contribution is -2.40. The van der Waals surface area contributed by atoms with Crippen molar-refractivity contribution >= 4 is 0 Å². The number of aliphatic hydroxyl groups is 1. The SMILES string of the molecule is Cc1ccc(OCC(O)CNC(C)C2CCOC2)cc1. The zero-order valence-electron chi connectivity index (χ0n) is 12.3. The summed E-state index contributed by atoms with van der Waals surface area (Å²) in [6.45, 7) is 6.72. The average molecular weight is 279 g/mol. The van der Waals surface area contributed by atoms with E-state index in [4.69, 9.17) is 9.47 Å². The lowest BCUT2D eigenvalue weighted by molar-refractivity contribution is 0.100. The quantitative estimate of drug-likeness (QED) is 0.798. The Morgan fingerprint density at radius 3 is 2.80 bits per heavy atom. The van der Waals surface area contributed by atoms with Crippen molar-refractivity contribution in [3.8, 4) is 5.75 Å². The summed E-state index contributed by atoms with van der Waals surface area (Å²) in [5.41, 5.74) is 1.20. The van der Waals surface area contributed by atoms with Crippen LogP contribution in [0.1, 0.15) is 18.9 Å². The third kappa shape index (κ3) is 4.78. The molecule has 4 heteroatoms. The van der Waals surface area contributed by atoms with Crippen molar-refractivity contribution in [3.05, 3.63) is 29.8 Å². The molecule has 1 saturated heterocycles. The first-order valence-electron chi connectivity index (χ1n) is 7.34. The van der Waals surface area contributed by atoms with E-state index in [0.717, 1.165) is 25.4 Å². The Kier molecular flexibility index (Phi) is 5.83. The maximum absolute atomic E-state index is 9.94. The molecular weight excluding hydrogens is 254 g/mol. The predicted octanol–water partition coefficient (Wildman–Crippen LogP) is 1.75. The van der Waals surface area contributed by atoms with Gasteiger partial charge >= 0.3 is 0 Å². The minimum absolute atomic E-state index is 0.309. The van der Waals surface area contributed by atoms with Crippen molar-refractivity contribution in [1.29, 1.82) is 0 Å². The Morgan fingerprint density at radius 2 is 2.15 bits per heavy atom. The molecule has 20 heavy (non-hydrogen) atoms. The Balaban J connectivity index is 1.64. The first kappa shape index (κ1) is 15.3. The molecule has 0 radical (unpaired) electrons. The van der Waals surface area contributed by atoms with Gasteiger partial charge in [-0.1, -0.05) is 17.7 Å². The molecule has 2 N–H and O–H groups in total. The number of ether oxygens (including phenoxy) is 2. The molecule has 1 fully saturated rings. The van der Waals surface area contributed by atoms with Crippen molar-refractivity contribution in [2.24, 2.45) is 5.92 Å². The molecule has 1 aliphatic rings.